The molecule has 0 atom stereocenters. The number of carbonyl (C=O) groups is 1. The van der Waals surface area contributed by atoms with Gasteiger partial charge in [0, 0.05) is 24.2 Å². The first-order valence-electron chi connectivity index (χ1n) is 9.17. The summed E-state index contributed by atoms with van der Waals surface area (Å²) >= 11 is 5.96. The minimum absolute atomic E-state index is 0.0434. The molecule has 0 aromatic heterocycles. The van der Waals surface area contributed by atoms with Crippen LogP contribution in [0.4, 0.5) is 10.1 Å². The summed E-state index contributed by atoms with van der Waals surface area (Å²) in [7, 11) is -1.14. The summed E-state index contributed by atoms with van der Waals surface area (Å²) in [5, 5.41) is 3.06. The Morgan fingerprint density at radius 2 is 1.84 bits per heavy atom. The van der Waals surface area contributed by atoms with Crippen LogP contribution in [0.5, 0.6) is 5.75 Å². The van der Waals surface area contributed by atoms with Crippen LogP contribution in [0.15, 0.2) is 71.6 Å². The predicted octanol–water partition coefficient (Wildman–Crippen LogP) is 4.24. The van der Waals surface area contributed by atoms with Crippen LogP contribution in [0, 0.1) is 5.82 Å². The van der Waals surface area contributed by atoms with Gasteiger partial charge in [0.25, 0.3) is 15.9 Å². The number of anilines is 1. The highest BCUT2D eigenvalue weighted by molar-refractivity contribution is 7.92. The highest BCUT2D eigenvalue weighted by Crippen LogP contribution is 2.25. The van der Waals surface area contributed by atoms with Crippen LogP contribution in [-0.2, 0) is 16.6 Å². The van der Waals surface area contributed by atoms with Crippen molar-refractivity contribution < 1.29 is 22.3 Å². The topological polar surface area (TPSA) is 75.7 Å². The van der Waals surface area contributed by atoms with Crippen LogP contribution in [0.25, 0.3) is 0 Å². The van der Waals surface area contributed by atoms with E-state index in [1.54, 1.807) is 24.3 Å². The van der Waals surface area contributed by atoms with E-state index >= 15 is 0 Å². The Kier molecular flexibility index (Phi) is 6.82. The number of benzene rings is 3. The average Bonchev–Trinajstić information content (AvgIpc) is 2.77. The molecule has 162 valence electrons. The van der Waals surface area contributed by atoms with Crippen LogP contribution in [0.1, 0.15) is 15.9 Å². The van der Waals surface area contributed by atoms with Crippen LogP contribution in [0.2, 0.25) is 5.02 Å². The Morgan fingerprint density at radius 3 is 2.52 bits per heavy atom. The number of nitrogens with zero attached hydrogens (tertiary/aromatic N) is 1. The first kappa shape index (κ1) is 22.6. The lowest BCUT2D eigenvalue weighted by atomic mass is 10.2. The van der Waals surface area contributed by atoms with Crippen molar-refractivity contribution in [3.8, 4) is 5.75 Å². The molecule has 0 saturated carbocycles. The van der Waals surface area contributed by atoms with Gasteiger partial charge >= 0.3 is 0 Å². The molecule has 0 radical (unpaired) electrons. The number of sulfonamides is 1. The van der Waals surface area contributed by atoms with Crippen LogP contribution >= 0.6 is 11.6 Å². The van der Waals surface area contributed by atoms with E-state index in [2.05, 4.69) is 5.32 Å². The number of amides is 1. The van der Waals surface area contributed by atoms with E-state index in [9.17, 15) is 17.6 Å². The number of ether oxygens (including phenoxy) is 1. The third-order valence-corrected chi connectivity index (χ3v) is 6.61. The fraction of sp³-hybridized carbons (Fsp3) is 0.136. The Labute approximate surface area is 185 Å². The normalized spacial score (nSPS) is 11.1. The minimum atomic E-state index is -3.91. The molecule has 3 aromatic rings. The second kappa shape index (κ2) is 9.36. The van der Waals surface area contributed by atoms with Crippen LogP contribution in [-0.4, -0.2) is 28.5 Å². The molecule has 0 fully saturated rings. The number of carbonyl (C=O) groups excluding carboxylic acids is 1. The molecule has 31 heavy (non-hydrogen) atoms. The van der Waals surface area contributed by atoms with Gasteiger partial charge in [-0.15, -0.1) is 0 Å². The van der Waals surface area contributed by atoms with Crippen molar-refractivity contribution in [3.63, 3.8) is 0 Å². The van der Waals surface area contributed by atoms with Gasteiger partial charge in [0.05, 0.1) is 17.7 Å². The lowest BCUT2D eigenvalue weighted by Gasteiger charge is -2.20. The first-order chi connectivity index (χ1) is 14.7. The van der Waals surface area contributed by atoms with E-state index in [0.29, 0.717) is 16.3 Å². The Morgan fingerprint density at radius 1 is 1.10 bits per heavy atom. The van der Waals surface area contributed by atoms with Gasteiger partial charge in [-0.25, -0.2) is 12.8 Å². The van der Waals surface area contributed by atoms with E-state index in [4.69, 9.17) is 16.3 Å². The molecule has 1 N–H and O–H groups in total. The maximum Gasteiger partial charge on any atom is 0.264 e. The maximum absolute atomic E-state index is 13.8. The van der Waals surface area contributed by atoms with Crippen molar-refractivity contribution in [3.05, 3.63) is 88.7 Å². The number of hydrogen-bond acceptors (Lipinski definition) is 4. The van der Waals surface area contributed by atoms with E-state index in [1.165, 1.54) is 56.6 Å². The van der Waals surface area contributed by atoms with Gasteiger partial charge in [-0.2, -0.15) is 0 Å². The van der Waals surface area contributed by atoms with E-state index in [1.807, 2.05) is 0 Å². The first-order valence-corrected chi connectivity index (χ1v) is 11.0. The fourth-order valence-electron chi connectivity index (χ4n) is 2.87. The molecule has 0 heterocycles. The summed E-state index contributed by atoms with van der Waals surface area (Å²) in [6.07, 6.45) is 0. The number of hydrogen-bond donors (Lipinski definition) is 1. The molecule has 9 heteroatoms. The van der Waals surface area contributed by atoms with Gasteiger partial charge in [0.15, 0.2) is 11.6 Å². The zero-order chi connectivity index (χ0) is 22.6. The molecular weight excluding hydrogens is 443 g/mol. The second-order valence-corrected chi connectivity index (χ2v) is 9.04. The second-order valence-electron chi connectivity index (χ2n) is 6.63. The molecule has 0 aliphatic rings. The fourth-order valence-corrected chi connectivity index (χ4v) is 4.29. The molecule has 0 saturated heterocycles. The van der Waals surface area contributed by atoms with E-state index in [-0.39, 0.29) is 22.8 Å². The molecular formula is C22H20ClFN2O4S. The van der Waals surface area contributed by atoms with Gasteiger partial charge in [0.1, 0.15) is 0 Å². The van der Waals surface area contributed by atoms with Crippen molar-refractivity contribution in [1.29, 1.82) is 0 Å². The summed E-state index contributed by atoms with van der Waals surface area (Å²) < 4.78 is 45.8. The predicted molar refractivity (Wildman–Crippen MR) is 118 cm³/mol. The molecule has 0 spiro atoms. The molecule has 0 aliphatic carbocycles. The zero-order valence-corrected chi connectivity index (χ0v) is 18.4. The van der Waals surface area contributed by atoms with Crippen molar-refractivity contribution >= 4 is 33.2 Å². The smallest absolute Gasteiger partial charge is 0.264 e. The molecule has 6 nitrogen and oxygen atoms in total. The van der Waals surface area contributed by atoms with Crippen LogP contribution in [0.3, 0.4) is 0 Å². The summed E-state index contributed by atoms with van der Waals surface area (Å²) in [6.45, 7) is 0.0686. The van der Waals surface area contributed by atoms with Crippen molar-refractivity contribution in [2.45, 2.75) is 11.4 Å². The van der Waals surface area contributed by atoms with Gasteiger partial charge < -0.3 is 10.1 Å². The minimum Gasteiger partial charge on any atom is -0.494 e. The number of nitrogens with one attached hydrogen (secondary N) is 1. The maximum atomic E-state index is 13.8. The largest absolute Gasteiger partial charge is 0.494 e. The molecule has 0 bridgehead atoms. The molecule has 0 aliphatic heterocycles. The molecule has 3 rings (SSSR count). The Bertz CT molecular complexity index is 1220. The van der Waals surface area contributed by atoms with Gasteiger partial charge in [-0.3, -0.25) is 9.10 Å². The lowest BCUT2D eigenvalue weighted by Crippen LogP contribution is -2.27. The lowest BCUT2D eigenvalue weighted by molar-refractivity contribution is 0.0950. The summed E-state index contributed by atoms with van der Waals surface area (Å²) in [4.78, 5) is 12.5. The summed E-state index contributed by atoms with van der Waals surface area (Å²) in [5.41, 5.74) is 1.09. The van der Waals surface area contributed by atoms with Crippen molar-refractivity contribution in [1.82, 2.24) is 5.32 Å². The third-order valence-electron chi connectivity index (χ3n) is 4.60. The number of halogens is 2. The molecule has 0 unspecified atom stereocenters. The quantitative estimate of drug-likeness (QED) is 0.569. The number of rotatable bonds is 7. The van der Waals surface area contributed by atoms with Gasteiger partial charge in [0.2, 0.25) is 0 Å². The monoisotopic (exact) mass is 462 g/mol. The zero-order valence-electron chi connectivity index (χ0n) is 16.8. The number of methoxy groups -OCH3 is 1. The Hall–Kier alpha value is -3.10. The van der Waals surface area contributed by atoms with E-state index in [0.717, 1.165) is 4.31 Å². The third kappa shape index (κ3) is 5.15. The average molecular weight is 463 g/mol. The molecule has 3 aromatic carbocycles. The summed E-state index contributed by atoms with van der Waals surface area (Å²) in [6, 6.07) is 16.5. The van der Waals surface area contributed by atoms with Crippen molar-refractivity contribution in [2.24, 2.45) is 0 Å². The standard InChI is InChI=1S/C22H20ClFN2O4S/c1-26(18-7-4-6-17(23)13-18)31(28,29)19-8-3-5-16(12-19)22(27)25-14-15-9-10-21(30-2)20(24)11-15/h3-13H,14H2,1-2H3,(H,25,27). The van der Waals surface area contributed by atoms with E-state index < -0.39 is 21.7 Å². The molecule has 1 amide bonds. The van der Waals surface area contributed by atoms with Crippen molar-refractivity contribution in [2.75, 3.05) is 18.5 Å². The van der Waals surface area contributed by atoms with Crippen LogP contribution < -0.4 is 14.4 Å². The Balaban J connectivity index is 1.77. The highest BCUT2D eigenvalue weighted by Gasteiger charge is 2.22. The SMILES string of the molecule is COc1ccc(CNC(=O)c2cccc(S(=O)(=O)N(C)c3cccc(Cl)c3)c2)cc1F. The highest BCUT2D eigenvalue weighted by atomic mass is 35.5. The van der Waals surface area contributed by atoms with Gasteiger partial charge in [-0.1, -0.05) is 29.8 Å². The summed E-state index contributed by atoms with van der Waals surface area (Å²) in [5.74, 6) is -0.915. The van der Waals surface area contributed by atoms with Gasteiger partial charge in [-0.05, 0) is 54.1 Å².